The van der Waals surface area contributed by atoms with Crippen molar-refractivity contribution in [2.75, 3.05) is 13.1 Å². The van der Waals surface area contributed by atoms with Gasteiger partial charge in [-0.3, -0.25) is 4.68 Å². The molecule has 6 heteroatoms. The molecule has 4 heterocycles. The van der Waals surface area contributed by atoms with Gasteiger partial charge in [0, 0.05) is 54.6 Å². The number of nitriles is 1. The summed E-state index contributed by atoms with van der Waals surface area (Å²) in [6.45, 7) is 2.50. The number of hydrogen-bond acceptors (Lipinski definition) is 4. The highest BCUT2D eigenvalue weighted by Gasteiger charge is 2.15. The summed E-state index contributed by atoms with van der Waals surface area (Å²) in [5.74, 6) is 0. The van der Waals surface area contributed by atoms with Crippen LogP contribution >= 0.6 is 0 Å². The van der Waals surface area contributed by atoms with E-state index in [1.807, 2.05) is 66.2 Å². The molecule has 0 bridgehead atoms. The molecule has 1 fully saturated rings. The molecule has 2 aromatic carbocycles. The Balaban J connectivity index is 0.000000406. The minimum absolute atomic E-state index is 0.651. The number of nitrogens with zero attached hydrogens (tertiary/aromatic N) is 5. The Hall–Kier alpha value is -3.95. The third kappa shape index (κ3) is 4.11. The van der Waals surface area contributed by atoms with Gasteiger partial charge in [0.25, 0.3) is 0 Å². The lowest BCUT2D eigenvalue weighted by Gasteiger charge is -2.12. The molecule has 0 spiro atoms. The van der Waals surface area contributed by atoms with Crippen LogP contribution in [-0.4, -0.2) is 32.4 Å². The molecular formula is C27H26N6. The number of fused-ring (bicyclic) bond motifs is 2. The van der Waals surface area contributed by atoms with Crippen molar-refractivity contribution >= 4 is 21.9 Å². The van der Waals surface area contributed by atoms with E-state index in [4.69, 9.17) is 10.2 Å². The van der Waals surface area contributed by atoms with Gasteiger partial charge in [-0.15, -0.1) is 0 Å². The largest absolute Gasteiger partial charge is 0.336 e. The summed E-state index contributed by atoms with van der Waals surface area (Å²) in [5, 5.41) is 19.1. The zero-order chi connectivity index (χ0) is 22.8. The summed E-state index contributed by atoms with van der Waals surface area (Å²) in [7, 11) is 3.93. The molecule has 0 unspecified atom stereocenters. The second-order valence-corrected chi connectivity index (χ2v) is 8.43. The maximum atomic E-state index is 9.14. The van der Waals surface area contributed by atoms with Crippen LogP contribution in [0.25, 0.3) is 44.2 Å². The molecule has 1 N–H and O–H groups in total. The first-order chi connectivity index (χ1) is 16.1. The summed E-state index contributed by atoms with van der Waals surface area (Å²) in [6, 6.07) is 18.3. The van der Waals surface area contributed by atoms with Crippen molar-refractivity contribution in [2.45, 2.75) is 12.8 Å². The lowest BCUT2D eigenvalue weighted by Crippen LogP contribution is -2.03. The van der Waals surface area contributed by atoms with Crippen molar-refractivity contribution in [2.24, 2.45) is 14.1 Å². The highest BCUT2D eigenvalue weighted by Crippen LogP contribution is 2.38. The standard InChI is InChI=1S/C23H17N5.C4H9N/c1-27-10-9-19-22(16-5-3-15(12-24)4-6-16)20(13-25-23(19)27)17-7-8-18-14-28(2)26-21(18)11-17;1-2-4-5-3-1/h3-11,13-14H,1-2H3;5H,1-4H2. The number of nitrogens with one attached hydrogen (secondary N) is 1. The fourth-order valence-electron chi connectivity index (χ4n) is 4.39. The maximum absolute atomic E-state index is 9.14. The summed E-state index contributed by atoms with van der Waals surface area (Å²) < 4.78 is 3.85. The summed E-state index contributed by atoms with van der Waals surface area (Å²) in [6.07, 6.45) is 8.75. The first-order valence-corrected chi connectivity index (χ1v) is 11.2. The van der Waals surface area contributed by atoms with E-state index in [1.165, 1.54) is 25.9 Å². The number of rotatable bonds is 2. The van der Waals surface area contributed by atoms with Crippen molar-refractivity contribution in [3.8, 4) is 28.3 Å². The molecule has 3 aromatic heterocycles. The van der Waals surface area contributed by atoms with Crippen molar-refractivity contribution in [1.82, 2.24) is 24.6 Å². The van der Waals surface area contributed by atoms with Gasteiger partial charge in [-0.1, -0.05) is 24.3 Å². The Morgan fingerprint density at radius 3 is 2.42 bits per heavy atom. The number of benzene rings is 2. The van der Waals surface area contributed by atoms with Gasteiger partial charge in [0.05, 0.1) is 17.1 Å². The van der Waals surface area contributed by atoms with Gasteiger partial charge in [0.15, 0.2) is 0 Å². The molecule has 1 saturated heterocycles. The van der Waals surface area contributed by atoms with Crippen LogP contribution in [-0.2, 0) is 14.1 Å². The molecule has 0 amide bonds. The molecule has 0 radical (unpaired) electrons. The van der Waals surface area contributed by atoms with E-state index in [-0.39, 0.29) is 0 Å². The number of aromatic nitrogens is 4. The van der Waals surface area contributed by atoms with E-state index in [1.54, 1.807) is 0 Å². The van der Waals surface area contributed by atoms with Crippen LogP contribution in [0.15, 0.2) is 67.1 Å². The normalized spacial score (nSPS) is 13.1. The quantitative estimate of drug-likeness (QED) is 0.423. The van der Waals surface area contributed by atoms with Gasteiger partial charge < -0.3 is 9.88 Å². The maximum Gasteiger partial charge on any atom is 0.140 e. The van der Waals surface area contributed by atoms with Crippen LogP contribution in [0.1, 0.15) is 18.4 Å². The smallest absolute Gasteiger partial charge is 0.140 e. The molecule has 1 aliphatic rings. The SMILES string of the molecule is C1CCNC1.Cn1cc2ccc(-c3cnc4c(ccn4C)c3-c3ccc(C#N)cc3)cc2n1. The van der Waals surface area contributed by atoms with E-state index in [9.17, 15) is 0 Å². The van der Waals surface area contributed by atoms with Gasteiger partial charge in [-0.25, -0.2) is 4.98 Å². The van der Waals surface area contributed by atoms with Gasteiger partial charge in [0.2, 0.25) is 0 Å². The van der Waals surface area contributed by atoms with Crippen molar-refractivity contribution in [3.63, 3.8) is 0 Å². The third-order valence-electron chi connectivity index (χ3n) is 6.09. The molecule has 6 rings (SSSR count). The van der Waals surface area contributed by atoms with Crippen molar-refractivity contribution in [1.29, 1.82) is 5.26 Å². The predicted molar refractivity (Wildman–Crippen MR) is 133 cm³/mol. The Morgan fingerprint density at radius 1 is 0.970 bits per heavy atom. The van der Waals surface area contributed by atoms with Crippen molar-refractivity contribution < 1.29 is 0 Å². The van der Waals surface area contributed by atoms with Crippen LogP contribution in [0.4, 0.5) is 0 Å². The molecule has 6 nitrogen and oxygen atoms in total. The highest BCUT2D eigenvalue weighted by molar-refractivity contribution is 6.02. The average molecular weight is 435 g/mol. The van der Waals surface area contributed by atoms with Crippen LogP contribution in [0.5, 0.6) is 0 Å². The molecule has 164 valence electrons. The molecule has 1 aliphatic heterocycles. The minimum atomic E-state index is 0.651. The Kier molecular flexibility index (Phi) is 5.64. The van der Waals surface area contributed by atoms with Gasteiger partial charge in [-0.2, -0.15) is 10.4 Å². The van der Waals surface area contributed by atoms with E-state index in [2.05, 4.69) is 40.8 Å². The molecule has 33 heavy (non-hydrogen) atoms. The molecular weight excluding hydrogens is 408 g/mol. The summed E-state index contributed by atoms with van der Waals surface area (Å²) in [4.78, 5) is 4.71. The average Bonchev–Trinajstić information content (AvgIpc) is 3.60. The Morgan fingerprint density at radius 2 is 1.73 bits per heavy atom. The Labute approximate surface area is 193 Å². The zero-order valence-electron chi connectivity index (χ0n) is 18.9. The summed E-state index contributed by atoms with van der Waals surface area (Å²) in [5.41, 5.74) is 6.85. The first kappa shape index (κ1) is 20.9. The molecule has 0 atom stereocenters. The van der Waals surface area contributed by atoms with E-state index < -0.39 is 0 Å². The van der Waals surface area contributed by atoms with E-state index in [0.717, 1.165) is 44.2 Å². The fourth-order valence-corrected chi connectivity index (χ4v) is 4.39. The summed E-state index contributed by atoms with van der Waals surface area (Å²) >= 11 is 0. The third-order valence-corrected chi connectivity index (χ3v) is 6.09. The Bertz CT molecular complexity index is 1460. The number of aryl methyl sites for hydroxylation is 2. The fraction of sp³-hybridized carbons (Fsp3) is 0.222. The predicted octanol–water partition coefficient (Wildman–Crippen LogP) is 5.04. The van der Waals surface area contributed by atoms with E-state index >= 15 is 0 Å². The highest BCUT2D eigenvalue weighted by atomic mass is 15.2. The van der Waals surface area contributed by atoms with E-state index in [0.29, 0.717) is 5.56 Å². The zero-order valence-corrected chi connectivity index (χ0v) is 18.9. The second-order valence-electron chi connectivity index (χ2n) is 8.43. The molecule has 5 aromatic rings. The topological polar surface area (TPSA) is 71.5 Å². The first-order valence-electron chi connectivity index (χ1n) is 11.2. The van der Waals surface area contributed by atoms with Gasteiger partial charge in [-0.05, 0) is 61.3 Å². The minimum Gasteiger partial charge on any atom is -0.336 e. The van der Waals surface area contributed by atoms with Crippen molar-refractivity contribution in [3.05, 3.63) is 72.7 Å². The molecule has 0 saturated carbocycles. The number of hydrogen-bond donors (Lipinski definition) is 1. The monoisotopic (exact) mass is 434 g/mol. The van der Waals surface area contributed by atoms with Crippen LogP contribution in [0.3, 0.4) is 0 Å². The lowest BCUT2D eigenvalue weighted by molar-refractivity contribution is 0.780. The number of pyridine rings is 1. The second kappa shape index (κ2) is 8.89. The van der Waals surface area contributed by atoms with Crippen LogP contribution < -0.4 is 5.32 Å². The lowest BCUT2D eigenvalue weighted by atomic mass is 9.93. The van der Waals surface area contributed by atoms with Crippen LogP contribution in [0, 0.1) is 11.3 Å². The van der Waals surface area contributed by atoms with Gasteiger partial charge in [0.1, 0.15) is 5.65 Å². The van der Waals surface area contributed by atoms with Gasteiger partial charge >= 0.3 is 0 Å². The molecule has 0 aliphatic carbocycles. The van der Waals surface area contributed by atoms with Crippen LogP contribution in [0.2, 0.25) is 0 Å².